The van der Waals surface area contributed by atoms with E-state index >= 15 is 0 Å². The van der Waals surface area contributed by atoms with E-state index in [4.69, 9.17) is 5.73 Å². The second-order valence-electron chi connectivity index (χ2n) is 7.40. The zero-order valence-corrected chi connectivity index (χ0v) is 17.5. The number of nitrogens with two attached hydrogens (primary N) is 1. The number of carbonyl (C=O) groups is 1. The Morgan fingerprint density at radius 3 is 2.42 bits per heavy atom. The zero-order chi connectivity index (χ0) is 22.6. The summed E-state index contributed by atoms with van der Waals surface area (Å²) in [6.45, 7) is 4.41. The van der Waals surface area contributed by atoms with E-state index in [0.717, 1.165) is 24.1 Å². The smallest absolute Gasteiger partial charge is 0.406 e. The van der Waals surface area contributed by atoms with Gasteiger partial charge in [-0.25, -0.2) is 0 Å². The van der Waals surface area contributed by atoms with Crippen molar-refractivity contribution in [2.45, 2.75) is 46.0 Å². The summed E-state index contributed by atoms with van der Waals surface area (Å²) >= 11 is 0. The Morgan fingerprint density at radius 2 is 1.81 bits per heavy atom. The van der Waals surface area contributed by atoms with Crippen molar-refractivity contribution < 1.29 is 22.7 Å². The number of primary amides is 1. The van der Waals surface area contributed by atoms with Crippen LogP contribution in [0, 0.1) is 6.92 Å². The van der Waals surface area contributed by atoms with Crippen molar-refractivity contribution in [1.82, 2.24) is 4.57 Å². The molecule has 0 atom stereocenters. The van der Waals surface area contributed by atoms with Crippen LogP contribution in [0.25, 0.3) is 11.1 Å². The number of nitrogens with zero attached hydrogens (tertiary/aromatic N) is 1. The molecule has 0 unspecified atom stereocenters. The number of halogens is 3. The molecule has 4 nitrogen and oxygen atoms in total. The molecule has 2 aromatic carbocycles. The zero-order valence-electron chi connectivity index (χ0n) is 17.5. The SMILES string of the molecule is CCCCc1c(-c2cccc(OC(F)(F)F)c2)c(C(N)=O)c(C)n1Cc1ccccc1. The predicted octanol–water partition coefficient (Wildman–Crippen LogP) is 5.85. The highest BCUT2D eigenvalue weighted by Crippen LogP contribution is 2.36. The van der Waals surface area contributed by atoms with E-state index in [9.17, 15) is 18.0 Å². The van der Waals surface area contributed by atoms with Gasteiger partial charge in [-0.05, 0) is 43.0 Å². The van der Waals surface area contributed by atoms with E-state index in [1.54, 1.807) is 6.07 Å². The Balaban J connectivity index is 2.19. The van der Waals surface area contributed by atoms with Crippen molar-refractivity contribution in [3.05, 3.63) is 77.1 Å². The standard InChI is InChI=1S/C24H25F3N2O2/c1-3-4-13-20-22(18-11-8-12-19(14-18)31-24(25,26)27)21(23(28)30)16(2)29(20)15-17-9-6-5-7-10-17/h5-12,14H,3-4,13,15H2,1-2H3,(H2,28,30). The third kappa shape index (κ3) is 5.29. The fourth-order valence-electron chi connectivity index (χ4n) is 3.84. The van der Waals surface area contributed by atoms with E-state index in [2.05, 4.69) is 11.7 Å². The number of ether oxygens (including phenoxy) is 1. The summed E-state index contributed by atoms with van der Waals surface area (Å²) in [6.07, 6.45) is -2.34. The summed E-state index contributed by atoms with van der Waals surface area (Å²) < 4.78 is 44.4. The van der Waals surface area contributed by atoms with Gasteiger partial charge >= 0.3 is 6.36 Å². The highest BCUT2D eigenvalue weighted by Gasteiger charge is 2.31. The van der Waals surface area contributed by atoms with Gasteiger partial charge < -0.3 is 15.0 Å². The third-order valence-electron chi connectivity index (χ3n) is 5.18. The first kappa shape index (κ1) is 22.5. The lowest BCUT2D eigenvalue weighted by Crippen LogP contribution is -2.17. The van der Waals surface area contributed by atoms with Gasteiger partial charge in [0.2, 0.25) is 0 Å². The highest BCUT2D eigenvalue weighted by atomic mass is 19.4. The van der Waals surface area contributed by atoms with Crippen molar-refractivity contribution in [3.63, 3.8) is 0 Å². The van der Waals surface area contributed by atoms with Crippen LogP contribution < -0.4 is 10.5 Å². The summed E-state index contributed by atoms with van der Waals surface area (Å²) in [7, 11) is 0. The molecule has 0 aliphatic rings. The highest BCUT2D eigenvalue weighted by molar-refractivity contribution is 6.02. The summed E-state index contributed by atoms with van der Waals surface area (Å²) in [4.78, 5) is 12.4. The maximum absolute atomic E-state index is 12.7. The van der Waals surface area contributed by atoms with Crippen LogP contribution in [0.15, 0.2) is 54.6 Å². The molecule has 1 aromatic heterocycles. The first-order valence-electron chi connectivity index (χ1n) is 10.1. The van der Waals surface area contributed by atoms with E-state index in [0.29, 0.717) is 35.3 Å². The van der Waals surface area contributed by atoms with Crippen LogP contribution >= 0.6 is 0 Å². The molecule has 7 heteroatoms. The molecular weight excluding hydrogens is 405 g/mol. The summed E-state index contributed by atoms with van der Waals surface area (Å²) in [5.74, 6) is -0.950. The molecule has 0 radical (unpaired) electrons. The van der Waals surface area contributed by atoms with E-state index in [1.165, 1.54) is 18.2 Å². The van der Waals surface area contributed by atoms with Crippen molar-refractivity contribution in [3.8, 4) is 16.9 Å². The molecule has 31 heavy (non-hydrogen) atoms. The minimum atomic E-state index is -4.80. The van der Waals surface area contributed by atoms with E-state index < -0.39 is 12.3 Å². The normalized spacial score (nSPS) is 11.5. The fourth-order valence-corrected chi connectivity index (χ4v) is 3.84. The van der Waals surface area contributed by atoms with Crippen molar-refractivity contribution >= 4 is 5.91 Å². The molecule has 0 bridgehead atoms. The number of unbranched alkanes of at least 4 members (excludes halogenated alkanes) is 1. The lowest BCUT2D eigenvalue weighted by molar-refractivity contribution is -0.274. The quantitative estimate of drug-likeness (QED) is 0.487. The predicted molar refractivity (Wildman–Crippen MR) is 114 cm³/mol. The minimum absolute atomic E-state index is 0.325. The Labute approximate surface area is 179 Å². The van der Waals surface area contributed by atoms with Gasteiger partial charge in [0, 0.05) is 23.5 Å². The first-order chi connectivity index (χ1) is 14.7. The summed E-state index contributed by atoms with van der Waals surface area (Å²) in [6, 6.07) is 15.5. The maximum atomic E-state index is 12.7. The van der Waals surface area contributed by atoms with Gasteiger partial charge in [0.05, 0.1) is 5.56 Å². The summed E-state index contributed by atoms with van der Waals surface area (Å²) in [5.41, 5.74) is 9.72. The molecule has 0 spiro atoms. The Hall–Kier alpha value is -3.22. The molecule has 0 aliphatic carbocycles. The van der Waals surface area contributed by atoms with Crippen LogP contribution in [0.1, 0.15) is 47.1 Å². The molecule has 0 saturated heterocycles. The second-order valence-corrected chi connectivity index (χ2v) is 7.40. The number of alkyl halides is 3. The fraction of sp³-hybridized carbons (Fsp3) is 0.292. The van der Waals surface area contributed by atoms with Crippen LogP contribution in [-0.2, 0) is 13.0 Å². The molecule has 0 fully saturated rings. The van der Waals surface area contributed by atoms with Crippen molar-refractivity contribution in [2.24, 2.45) is 5.73 Å². The van der Waals surface area contributed by atoms with E-state index in [-0.39, 0.29) is 5.75 Å². The van der Waals surface area contributed by atoms with Crippen LogP contribution in [0.4, 0.5) is 13.2 Å². The Morgan fingerprint density at radius 1 is 1.10 bits per heavy atom. The lowest BCUT2D eigenvalue weighted by atomic mass is 9.97. The molecule has 0 aliphatic heterocycles. The molecule has 3 rings (SSSR count). The average molecular weight is 430 g/mol. The van der Waals surface area contributed by atoms with Crippen molar-refractivity contribution in [1.29, 1.82) is 0 Å². The summed E-state index contributed by atoms with van der Waals surface area (Å²) in [5, 5.41) is 0. The monoisotopic (exact) mass is 430 g/mol. The van der Waals surface area contributed by atoms with Gasteiger partial charge in [-0.1, -0.05) is 55.8 Å². The van der Waals surface area contributed by atoms with Crippen LogP contribution in [-0.4, -0.2) is 16.8 Å². The molecule has 164 valence electrons. The van der Waals surface area contributed by atoms with Crippen LogP contribution in [0.5, 0.6) is 5.75 Å². The van der Waals surface area contributed by atoms with Crippen molar-refractivity contribution in [2.75, 3.05) is 0 Å². The minimum Gasteiger partial charge on any atom is -0.406 e. The van der Waals surface area contributed by atoms with Gasteiger partial charge in [0.15, 0.2) is 0 Å². The molecule has 2 N–H and O–H groups in total. The van der Waals surface area contributed by atoms with E-state index in [1.807, 2.05) is 41.8 Å². The largest absolute Gasteiger partial charge is 0.573 e. The van der Waals surface area contributed by atoms with Crippen LogP contribution in [0.2, 0.25) is 0 Å². The molecule has 1 heterocycles. The first-order valence-corrected chi connectivity index (χ1v) is 10.1. The molecule has 3 aromatic rings. The lowest BCUT2D eigenvalue weighted by Gasteiger charge is -2.14. The molecule has 0 saturated carbocycles. The Kier molecular flexibility index (Phi) is 6.73. The van der Waals surface area contributed by atoms with Gasteiger partial charge in [-0.3, -0.25) is 4.79 Å². The van der Waals surface area contributed by atoms with Gasteiger partial charge in [0.1, 0.15) is 5.75 Å². The maximum Gasteiger partial charge on any atom is 0.573 e. The number of benzene rings is 2. The van der Waals surface area contributed by atoms with Gasteiger partial charge in [-0.2, -0.15) is 0 Å². The number of hydrogen-bond acceptors (Lipinski definition) is 2. The molecule has 1 amide bonds. The second kappa shape index (κ2) is 9.29. The Bertz CT molecular complexity index is 1060. The number of aromatic nitrogens is 1. The number of carbonyl (C=O) groups excluding carboxylic acids is 1. The number of rotatable bonds is 8. The third-order valence-corrected chi connectivity index (χ3v) is 5.18. The van der Waals surface area contributed by atoms with Gasteiger partial charge in [0.25, 0.3) is 5.91 Å². The van der Waals surface area contributed by atoms with Gasteiger partial charge in [-0.15, -0.1) is 13.2 Å². The molecular formula is C24H25F3N2O2. The topological polar surface area (TPSA) is 57.2 Å². The average Bonchev–Trinajstić information content (AvgIpc) is 2.98. The number of amides is 1. The number of hydrogen-bond donors (Lipinski definition) is 1. The van der Waals surface area contributed by atoms with Crippen LogP contribution in [0.3, 0.4) is 0 Å².